The molecular weight excluding hydrogens is 540 g/mol. The number of primary amides is 1. The van der Waals surface area contributed by atoms with Crippen molar-refractivity contribution in [3.63, 3.8) is 0 Å². The van der Waals surface area contributed by atoms with E-state index in [-0.39, 0.29) is 18.3 Å². The van der Waals surface area contributed by atoms with E-state index in [1.54, 1.807) is 0 Å². The number of nitrogens with two attached hydrogens (primary N) is 2. The zero-order valence-electron chi connectivity index (χ0n) is 25.8. The summed E-state index contributed by atoms with van der Waals surface area (Å²) >= 11 is 0. The van der Waals surface area contributed by atoms with Gasteiger partial charge in [0.05, 0.1) is 24.8 Å². The number of aromatic amines is 1. The molecule has 4 atom stereocenters. The normalized spacial score (nSPS) is 14.3. The highest BCUT2D eigenvalue weighted by molar-refractivity contribution is 6.41. The van der Waals surface area contributed by atoms with Crippen LogP contribution in [-0.4, -0.2) is 70.0 Å². The van der Waals surface area contributed by atoms with Crippen LogP contribution in [0.1, 0.15) is 91.7 Å². The molecule has 1 rings (SSSR count). The first-order valence-electron chi connectivity index (χ1n) is 15.0. The molecule has 0 spiro atoms. The van der Waals surface area contributed by atoms with Gasteiger partial charge in [0, 0.05) is 18.3 Å². The SMILES string of the molecule is CCCCCCCN[C@@H](CC(C)C)C(=O)C(=O)[C@H](Cc1cnc[nH]1)NC(=O)C(CC(N)=O)NC(=O)[C@H](CC(C)C)NN. The Morgan fingerprint density at radius 2 is 1.40 bits per heavy atom. The first-order valence-corrected chi connectivity index (χ1v) is 15.0. The first-order chi connectivity index (χ1) is 19.9. The van der Waals surface area contributed by atoms with Crippen molar-refractivity contribution in [2.75, 3.05) is 6.54 Å². The molecule has 0 aliphatic carbocycles. The van der Waals surface area contributed by atoms with Gasteiger partial charge >= 0.3 is 0 Å². The summed E-state index contributed by atoms with van der Waals surface area (Å²) in [4.78, 5) is 71.9. The minimum absolute atomic E-state index is 0.0424. The monoisotopic (exact) mass is 592 g/mol. The van der Waals surface area contributed by atoms with Gasteiger partial charge in [0.15, 0.2) is 0 Å². The van der Waals surface area contributed by atoms with Crippen LogP contribution in [-0.2, 0) is 30.4 Å². The molecule has 0 bridgehead atoms. The Hall–Kier alpha value is -3.16. The molecule has 13 heteroatoms. The van der Waals surface area contributed by atoms with Crippen LogP contribution >= 0.6 is 0 Å². The second kappa shape index (κ2) is 19.9. The number of imidazole rings is 1. The van der Waals surface area contributed by atoms with Crippen LogP contribution < -0.4 is 33.0 Å². The molecule has 0 aliphatic rings. The average Bonchev–Trinajstić information content (AvgIpc) is 3.43. The van der Waals surface area contributed by atoms with Gasteiger partial charge in [-0.3, -0.25) is 29.8 Å². The standard InChI is InChI=1S/C29H52N8O5/c1-6-7-8-9-10-11-33-21(12-18(2)3)26(39)27(40)22(14-20-16-32-17-34-20)35-28(41)23(15-25(30)38)36-29(42)24(37-31)13-19(4)5/h16-19,21-24,33,37H,6-15,31H2,1-5H3,(H2,30,38)(H,32,34)(H,35,41)(H,36,42)/t21-,22-,23?,24-/m0/s1. The second-order valence-corrected chi connectivity index (χ2v) is 11.7. The minimum Gasteiger partial charge on any atom is -0.370 e. The van der Waals surface area contributed by atoms with E-state index in [9.17, 15) is 24.0 Å². The predicted molar refractivity (Wildman–Crippen MR) is 161 cm³/mol. The van der Waals surface area contributed by atoms with Crippen LogP contribution in [0.15, 0.2) is 12.5 Å². The fourth-order valence-corrected chi connectivity index (χ4v) is 4.61. The van der Waals surface area contributed by atoms with Gasteiger partial charge in [-0.25, -0.2) is 10.4 Å². The summed E-state index contributed by atoms with van der Waals surface area (Å²) in [6, 6.07) is -4.17. The summed E-state index contributed by atoms with van der Waals surface area (Å²) in [7, 11) is 0. The molecule has 238 valence electrons. The van der Waals surface area contributed by atoms with Gasteiger partial charge in [0.1, 0.15) is 12.1 Å². The maximum absolute atomic E-state index is 13.6. The number of ketones is 2. The van der Waals surface area contributed by atoms with Crippen LogP contribution in [0.5, 0.6) is 0 Å². The molecule has 0 radical (unpaired) electrons. The molecule has 9 N–H and O–H groups in total. The minimum atomic E-state index is -1.38. The average molecular weight is 593 g/mol. The number of nitrogens with zero attached hydrogens (tertiary/aromatic N) is 1. The Kier molecular flexibility index (Phi) is 17.4. The van der Waals surface area contributed by atoms with E-state index in [4.69, 9.17) is 11.6 Å². The summed E-state index contributed by atoms with van der Waals surface area (Å²) < 4.78 is 0. The molecule has 0 saturated carbocycles. The molecule has 0 aliphatic heterocycles. The van der Waals surface area contributed by atoms with Crippen molar-refractivity contribution in [1.29, 1.82) is 0 Å². The van der Waals surface area contributed by atoms with Crippen molar-refractivity contribution in [3.05, 3.63) is 18.2 Å². The van der Waals surface area contributed by atoms with Crippen LogP contribution in [0, 0.1) is 11.8 Å². The van der Waals surface area contributed by atoms with E-state index in [1.165, 1.54) is 12.5 Å². The molecule has 13 nitrogen and oxygen atoms in total. The predicted octanol–water partition coefficient (Wildman–Crippen LogP) is 0.788. The summed E-state index contributed by atoms with van der Waals surface area (Å²) in [5.41, 5.74) is 8.30. The summed E-state index contributed by atoms with van der Waals surface area (Å²) in [6.45, 7) is 10.5. The van der Waals surface area contributed by atoms with Crippen molar-refractivity contribution in [1.82, 2.24) is 31.3 Å². The molecule has 3 amide bonds. The van der Waals surface area contributed by atoms with Crippen LogP contribution in [0.2, 0.25) is 0 Å². The molecule has 1 heterocycles. The lowest BCUT2D eigenvalue weighted by Crippen LogP contribution is -2.58. The number of nitrogens with one attached hydrogen (secondary N) is 5. The third-order valence-electron chi connectivity index (χ3n) is 6.81. The van der Waals surface area contributed by atoms with Gasteiger partial charge in [0.2, 0.25) is 29.3 Å². The maximum Gasteiger partial charge on any atom is 0.243 e. The highest BCUT2D eigenvalue weighted by atomic mass is 16.2. The molecule has 1 aromatic rings. The highest BCUT2D eigenvalue weighted by Crippen LogP contribution is 2.11. The smallest absolute Gasteiger partial charge is 0.243 e. The highest BCUT2D eigenvalue weighted by Gasteiger charge is 2.35. The molecule has 0 saturated heterocycles. The lowest BCUT2D eigenvalue weighted by molar-refractivity contribution is -0.140. The zero-order chi connectivity index (χ0) is 31.7. The number of carbonyl (C=O) groups excluding carboxylic acids is 5. The molecule has 1 unspecified atom stereocenters. The van der Waals surface area contributed by atoms with Crippen LogP contribution in [0.3, 0.4) is 0 Å². The molecule has 42 heavy (non-hydrogen) atoms. The van der Waals surface area contributed by atoms with Gasteiger partial charge in [-0.05, 0) is 37.6 Å². The number of unbranched alkanes of at least 4 members (excludes halogenated alkanes) is 4. The number of H-pyrrole nitrogens is 1. The quantitative estimate of drug-likeness (QED) is 0.0413. The van der Waals surface area contributed by atoms with Gasteiger partial charge < -0.3 is 26.7 Å². The van der Waals surface area contributed by atoms with Gasteiger partial charge in [-0.1, -0.05) is 60.3 Å². The molecule has 0 aromatic carbocycles. The molecular formula is C29H52N8O5. The zero-order valence-corrected chi connectivity index (χ0v) is 25.8. The van der Waals surface area contributed by atoms with E-state index in [2.05, 4.69) is 38.3 Å². The largest absolute Gasteiger partial charge is 0.370 e. The summed E-state index contributed by atoms with van der Waals surface area (Å²) in [6.07, 6.45) is 8.50. The van der Waals surface area contributed by atoms with E-state index in [1.807, 2.05) is 27.7 Å². The van der Waals surface area contributed by atoms with Crippen LogP contribution in [0.4, 0.5) is 0 Å². The van der Waals surface area contributed by atoms with Crippen LogP contribution in [0.25, 0.3) is 0 Å². The number of rotatable bonds is 23. The number of carbonyl (C=O) groups is 5. The first kappa shape index (κ1) is 36.9. The van der Waals surface area contributed by atoms with Crippen molar-refractivity contribution >= 4 is 29.3 Å². The lowest BCUT2D eigenvalue weighted by atomic mass is 9.93. The number of hydrogen-bond acceptors (Lipinski definition) is 9. The second-order valence-electron chi connectivity index (χ2n) is 11.7. The Morgan fingerprint density at radius 3 is 1.95 bits per heavy atom. The Morgan fingerprint density at radius 1 is 0.833 bits per heavy atom. The van der Waals surface area contributed by atoms with Crippen molar-refractivity contribution in [3.8, 4) is 0 Å². The Labute approximate surface area is 249 Å². The summed E-state index contributed by atoms with van der Waals surface area (Å²) in [5, 5.41) is 8.34. The van der Waals surface area contributed by atoms with E-state index in [0.29, 0.717) is 25.1 Å². The fraction of sp³-hybridized carbons (Fsp3) is 0.724. The number of amides is 3. The Bertz CT molecular complexity index is 983. The Balaban J connectivity index is 3.13. The third-order valence-corrected chi connectivity index (χ3v) is 6.81. The van der Waals surface area contributed by atoms with E-state index < -0.39 is 59.9 Å². The van der Waals surface area contributed by atoms with Gasteiger partial charge in [0.25, 0.3) is 0 Å². The molecule has 0 fully saturated rings. The van der Waals surface area contributed by atoms with E-state index in [0.717, 1.165) is 32.1 Å². The van der Waals surface area contributed by atoms with E-state index >= 15 is 0 Å². The summed E-state index contributed by atoms with van der Waals surface area (Å²) in [5.74, 6) is 2.12. The number of aromatic nitrogens is 2. The van der Waals surface area contributed by atoms with Crippen molar-refractivity contribution in [2.45, 2.75) is 117 Å². The lowest BCUT2D eigenvalue weighted by Gasteiger charge is -2.25. The topological polar surface area (TPSA) is 214 Å². The van der Waals surface area contributed by atoms with Gasteiger partial charge in [-0.15, -0.1) is 0 Å². The maximum atomic E-state index is 13.6. The van der Waals surface area contributed by atoms with Gasteiger partial charge in [-0.2, -0.15) is 0 Å². The number of hydrogen-bond donors (Lipinski definition) is 7. The molecule has 1 aromatic heterocycles. The fourth-order valence-electron chi connectivity index (χ4n) is 4.61. The number of hydrazine groups is 1. The van der Waals surface area contributed by atoms with Crippen molar-refractivity contribution < 1.29 is 24.0 Å². The van der Waals surface area contributed by atoms with Crippen molar-refractivity contribution in [2.24, 2.45) is 23.4 Å². The number of Topliss-reactive ketones (excluding diaryl/α,β-unsaturated/α-hetero) is 2. The third kappa shape index (κ3) is 14.1.